The molecule has 1 unspecified atom stereocenters. The van der Waals surface area contributed by atoms with Crippen molar-refractivity contribution in [3.05, 3.63) is 18.3 Å². The number of anilines is 1. The first-order valence-corrected chi connectivity index (χ1v) is 6.92. The lowest BCUT2D eigenvalue weighted by atomic mass is 9.76. The summed E-state index contributed by atoms with van der Waals surface area (Å²) in [5.41, 5.74) is -0.668. The number of rotatable bonds is 7. The van der Waals surface area contributed by atoms with Crippen molar-refractivity contribution < 1.29 is 19.4 Å². The van der Waals surface area contributed by atoms with Crippen molar-refractivity contribution in [1.82, 2.24) is 4.98 Å². The standard InChI is InChI=1S/C15H22N2O4/c1-5-21-13-11(7-6-8-16-13)17-12(18)9-15(4,10(2)3)14(19)20/h6-8,10H,5,9H2,1-4H3,(H,17,18)(H,19,20). The third kappa shape index (κ3) is 4.18. The highest BCUT2D eigenvalue weighted by Gasteiger charge is 2.38. The van der Waals surface area contributed by atoms with Crippen molar-refractivity contribution in [2.45, 2.75) is 34.1 Å². The molecule has 116 valence electrons. The van der Waals surface area contributed by atoms with E-state index in [2.05, 4.69) is 10.3 Å². The van der Waals surface area contributed by atoms with Crippen LogP contribution in [0.25, 0.3) is 0 Å². The van der Waals surface area contributed by atoms with E-state index in [1.807, 2.05) is 6.92 Å². The predicted molar refractivity (Wildman–Crippen MR) is 79.2 cm³/mol. The van der Waals surface area contributed by atoms with Crippen molar-refractivity contribution in [2.75, 3.05) is 11.9 Å². The molecule has 1 atom stereocenters. The lowest BCUT2D eigenvalue weighted by molar-refractivity contribution is -0.153. The molecule has 0 saturated heterocycles. The first kappa shape index (κ1) is 16.9. The molecule has 0 radical (unpaired) electrons. The zero-order valence-electron chi connectivity index (χ0n) is 12.8. The molecule has 1 amide bonds. The average Bonchev–Trinajstić information content (AvgIpc) is 2.40. The summed E-state index contributed by atoms with van der Waals surface area (Å²) in [5, 5.41) is 12.0. The number of hydrogen-bond acceptors (Lipinski definition) is 4. The number of carboxylic acid groups (broad SMARTS) is 1. The van der Waals surface area contributed by atoms with Gasteiger partial charge in [0.25, 0.3) is 0 Å². The third-order valence-corrected chi connectivity index (χ3v) is 3.62. The highest BCUT2D eigenvalue weighted by molar-refractivity contribution is 5.95. The Morgan fingerprint density at radius 1 is 1.48 bits per heavy atom. The quantitative estimate of drug-likeness (QED) is 0.806. The van der Waals surface area contributed by atoms with Gasteiger partial charge in [0, 0.05) is 12.6 Å². The molecule has 0 aliphatic carbocycles. The number of nitrogens with one attached hydrogen (secondary N) is 1. The van der Waals surface area contributed by atoms with Crippen molar-refractivity contribution >= 4 is 17.6 Å². The van der Waals surface area contributed by atoms with Gasteiger partial charge in [-0.1, -0.05) is 13.8 Å². The van der Waals surface area contributed by atoms with Gasteiger partial charge in [-0.2, -0.15) is 0 Å². The summed E-state index contributed by atoms with van der Waals surface area (Å²) in [5.74, 6) is -1.19. The fraction of sp³-hybridized carbons (Fsp3) is 0.533. The number of carbonyl (C=O) groups is 2. The van der Waals surface area contributed by atoms with Gasteiger partial charge in [-0.3, -0.25) is 9.59 Å². The number of amides is 1. The normalized spacial score (nSPS) is 13.6. The molecule has 2 N–H and O–H groups in total. The molecule has 1 aromatic rings. The van der Waals surface area contributed by atoms with Crippen LogP contribution in [0, 0.1) is 11.3 Å². The van der Waals surface area contributed by atoms with E-state index in [-0.39, 0.29) is 18.2 Å². The molecule has 0 spiro atoms. The maximum Gasteiger partial charge on any atom is 0.310 e. The lowest BCUT2D eigenvalue weighted by Crippen LogP contribution is -2.37. The maximum atomic E-state index is 12.1. The fourth-order valence-corrected chi connectivity index (χ4v) is 1.79. The number of nitrogens with zero attached hydrogens (tertiary/aromatic N) is 1. The molecule has 21 heavy (non-hydrogen) atoms. The average molecular weight is 294 g/mol. The van der Waals surface area contributed by atoms with Gasteiger partial charge in [-0.15, -0.1) is 0 Å². The molecule has 0 fully saturated rings. The Morgan fingerprint density at radius 2 is 2.14 bits per heavy atom. The zero-order valence-corrected chi connectivity index (χ0v) is 12.8. The summed E-state index contributed by atoms with van der Waals surface area (Å²) in [4.78, 5) is 27.6. The summed E-state index contributed by atoms with van der Waals surface area (Å²) in [6, 6.07) is 3.35. The summed E-state index contributed by atoms with van der Waals surface area (Å²) >= 11 is 0. The summed E-state index contributed by atoms with van der Waals surface area (Å²) in [6.45, 7) is 7.40. The highest BCUT2D eigenvalue weighted by atomic mass is 16.5. The van der Waals surface area contributed by atoms with Gasteiger partial charge in [0.1, 0.15) is 5.69 Å². The molecule has 6 heteroatoms. The van der Waals surface area contributed by atoms with Crippen LogP contribution in [0.3, 0.4) is 0 Å². The molecule has 6 nitrogen and oxygen atoms in total. The predicted octanol–water partition coefficient (Wildman–Crippen LogP) is 2.56. The summed E-state index contributed by atoms with van der Waals surface area (Å²) < 4.78 is 5.32. The molecule has 0 aliphatic rings. The van der Waals surface area contributed by atoms with E-state index in [1.54, 1.807) is 39.1 Å². The van der Waals surface area contributed by atoms with Gasteiger partial charge in [-0.25, -0.2) is 4.98 Å². The Kier molecular flexibility index (Phi) is 5.69. The van der Waals surface area contributed by atoms with E-state index in [4.69, 9.17) is 4.74 Å². The zero-order chi connectivity index (χ0) is 16.0. The number of carbonyl (C=O) groups excluding carboxylic acids is 1. The van der Waals surface area contributed by atoms with Crippen molar-refractivity contribution in [3.63, 3.8) is 0 Å². The molecule has 1 heterocycles. The Balaban J connectivity index is 2.85. The van der Waals surface area contributed by atoms with Crippen LogP contribution in [-0.4, -0.2) is 28.6 Å². The van der Waals surface area contributed by atoms with Crippen LogP contribution in [0.1, 0.15) is 34.1 Å². The van der Waals surface area contributed by atoms with Crippen LogP contribution in [-0.2, 0) is 9.59 Å². The van der Waals surface area contributed by atoms with E-state index < -0.39 is 11.4 Å². The number of ether oxygens (including phenoxy) is 1. The van der Waals surface area contributed by atoms with Crippen LogP contribution in [0.15, 0.2) is 18.3 Å². The largest absolute Gasteiger partial charge is 0.481 e. The first-order chi connectivity index (χ1) is 9.81. The Bertz CT molecular complexity index is 516. The van der Waals surface area contributed by atoms with Gasteiger partial charge in [0.2, 0.25) is 11.8 Å². The smallest absolute Gasteiger partial charge is 0.310 e. The number of carboxylic acids is 1. The van der Waals surface area contributed by atoms with Crippen LogP contribution in [0.2, 0.25) is 0 Å². The van der Waals surface area contributed by atoms with Crippen LogP contribution < -0.4 is 10.1 Å². The van der Waals surface area contributed by atoms with E-state index in [9.17, 15) is 14.7 Å². The van der Waals surface area contributed by atoms with E-state index in [1.165, 1.54) is 0 Å². The molecule has 1 aromatic heterocycles. The molecule has 0 bridgehead atoms. The lowest BCUT2D eigenvalue weighted by Gasteiger charge is -2.28. The topological polar surface area (TPSA) is 88.5 Å². The Morgan fingerprint density at radius 3 is 2.67 bits per heavy atom. The minimum Gasteiger partial charge on any atom is -0.481 e. The van der Waals surface area contributed by atoms with Gasteiger partial charge >= 0.3 is 5.97 Å². The Hall–Kier alpha value is -2.11. The number of aromatic nitrogens is 1. The second kappa shape index (κ2) is 7.06. The number of hydrogen-bond donors (Lipinski definition) is 2. The van der Waals surface area contributed by atoms with Gasteiger partial charge in [-0.05, 0) is 31.9 Å². The minimum atomic E-state index is -1.11. The first-order valence-electron chi connectivity index (χ1n) is 6.92. The summed E-state index contributed by atoms with van der Waals surface area (Å²) in [6.07, 6.45) is 1.45. The fourth-order valence-electron chi connectivity index (χ4n) is 1.79. The van der Waals surface area contributed by atoms with Crippen molar-refractivity contribution in [1.29, 1.82) is 0 Å². The second-order valence-electron chi connectivity index (χ2n) is 5.39. The molecule has 0 saturated carbocycles. The molecule has 0 aromatic carbocycles. The van der Waals surface area contributed by atoms with Crippen LogP contribution in [0.5, 0.6) is 5.88 Å². The molecular formula is C15H22N2O4. The highest BCUT2D eigenvalue weighted by Crippen LogP contribution is 2.32. The minimum absolute atomic E-state index is 0.111. The van der Waals surface area contributed by atoms with Crippen molar-refractivity contribution in [2.24, 2.45) is 11.3 Å². The van der Waals surface area contributed by atoms with Gasteiger partial charge in [0.05, 0.1) is 12.0 Å². The van der Waals surface area contributed by atoms with E-state index in [0.717, 1.165) is 0 Å². The van der Waals surface area contributed by atoms with E-state index in [0.29, 0.717) is 18.2 Å². The molecule has 1 rings (SSSR count). The van der Waals surface area contributed by atoms with Gasteiger partial charge in [0.15, 0.2) is 0 Å². The maximum absolute atomic E-state index is 12.1. The summed E-state index contributed by atoms with van der Waals surface area (Å²) in [7, 11) is 0. The van der Waals surface area contributed by atoms with Crippen molar-refractivity contribution in [3.8, 4) is 5.88 Å². The SMILES string of the molecule is CCOc1ncccc1NC(=O)CC(C)(C(=O)O)C(C)C. The molecular weight excluding hydrogens is 272 g/mol. The van der Waals surface area contributed by atoms with Gasteiger partial charge < -0.3 is 15.2 Å². The van der Waals surface area contributed by atoms with Crippen LogP contribution >= 0.6 is 0 Å². The Labute approximate surface area is 124 Å². The second-order valence-corrected chi connectivity index (χ2v) is 5.39. The third-order valence-electron chi connectivity index (χ3n) is 3.62. The number of aliphatic carboxylic acids is 1. The number of pyridine rings is 1. The monoisotopic (exact) mass is 294 g/mol. The van der Waals surface area contributed by atoms with E-state index >= 15 is 0 Å². The van der Waals surface area contributed by atoms with Crippen LogP contribution in [0.4, 0.5) is 5.69 Å². The molecule has 0 aliphatic heterocycles.